The second-order valence-electron chi connectivity index (χ2n) is 3.87. The highest BCUT2D eigenvalue weighted by Gasteiger charge is 2.22. The zero-order chi connectivity index (χ0) is 14.3. The standard InChI is InChI=1S/C11H9N5O3S/c1-12-9(17)6-2-3-16(14-6)8-7(10(18)19)15-4-5-20-11(15)13-8/h2-5H,1H3,(H,12,17)(H,18,19). The zero-order valence-electron chi connectivity index (χ0n) is 10.3. The van der Waals surface area contributed by atoms with E-state index >= 15 is 0 Å². The Morgan fingerprint density at radius 1 is 1.40 bits per heavy atom. The Kier molecular flexibility index (Phi) is 2.75. The molecule has 0 saturated heterocycles. The fourth-order valence-electron chi connectivity index (χ4n) is 1.82. The molecule has 0 atom stereocenters. The average Bonchev–Trinajstić information content (AvgIpc) is 3.10. The van der Waals surface area contributed by atoms with E-state index in [1.165, 1.54) is 39.7 Å². The quantitative estimate of drug-likeness (QED) is 0.737. The van der Waals surface area contributed by atoms with Crippen LogP contribution in [0, 0.1) is 0 Å². The molecule has 0 unspecified atom stereocenters. The molecule has 3 heterocycles. The van der Waals surface area contributed by atoms with Gasteiger partial charge in [0.1, 0.15) is 0 Å². The molecular formula is C11H9N5O3S. The number of fused-ring (bicyclic) bond motifs is 1. The van der Waals surface area contributed by atoms with Crippen LogP contribution in [0.15, 0.2) is 23.8 Å². The van der Waals surface area contributed by atoms with E-state index in [0.29, 0.717) is 4.96 Å². The predicted octanol–water partition coefficient (Wildman–Crippen LogP) is 0.639. The van der Waals surface area contributed by atoms with Crippen molar-refractivity contribution in [2.24, 2.45) is 0 Å². The number of aromatic carboxylic acids is 1. The van der Waals surface area contributed by atoms with E-state index in [1.807, 2.05) is 0 Å². The molecule has 0 aromatic carbocycles. The summed E-state index contributed by atoms with van der Waals surface area (Å²) in [5, 5.41) is 17.6. The number of amides is 1. The number of carbonyl (C=O) groups excluding carboxylic acids is 1. The highest BCUT2D eigenvalue weighted by molar-refractivity contribution is 7.15. The molecular weight excluding hydrogens is 282 g/mol. The summed E-state index contributed by atoms with van der Waals surface area (Å²) in [5.74, 6) is -1.27. The molecule has 3 rings (SSSR count). The van der Waals surface area contributed by atoms with Crippen molar-refractivity contribution in [3.63, 3.8) is 0 Å². The predicted molar refractivity (Wildman–Crippen MR) is 70.5 cm³/mol. The van der Waals surface area contributed by atoms with E-state index in [9.17, 15) is 14.7 Å². The summed E-state index contributed by atoms with van der Waals surface area (Å²) >= 11 is 1.32. The van der Waals surface area contributed by atoms with Gasteiger partial charge in [-0.25, -0.2) is 9.48 Å². The molecule has 20 heavy (non-hydrogen) atoms. The molecule has 9 heteroatoms. The van der Waals surface area contributed by atoms with Crippen molar-refractivity contribution in [2.75, 3.05) is 7.05 Å². The molecule has 102 valence electrons. The molecule has 0 fully saturated rings. The smallest absolute Gasteiger partial charge is 0.356 e. The van der Waals surface area contributed by atoms with Crippen LogP contribution in [-0.2, 0) is 0 Å². The largest absolute Gasteiger partial charge is 0.476 e. The van der Waals surface area contributed by atoms with E-state index in [1.54, 1.807) is 11.6 Å². The topological polar surface area (TPSA) is 102 Å². The van der Waals surface area contributed by atoms with Crippen LogP contribution in [0.2, 0.25) is 0 Å². The third-order valence-corrected chi connectivity index (χ3v) is 3.47. The van der Waals surface area contributed by atoms with Crippen molar-refractivity contribution < 1.29 is 14.7 Å². The first-order chi connectivity index (χ1) is 9.61. The number of carbonyl (C=O) groups is 2. The van der Waals surface area contributed by atoms with Crippen molar-refractivity contribution in [2.45, 2.75) is 0 Å². The fourth-order valence-corrected chi connectivity index (χ4v) is 2.53. The number of imidazole rings is 1. The molecule has 8 nitrogen and oxygen atoms in total. The Morgan fingerprint density at radius 2 is 2.20 bits per heavy atom. The maximum atomic E-state index is 11.5. The molecule has 0 saturated carbocycles. The van der Waals surface area contributed by atoms with Gasteiger partial charge in [0.25, 0.3) is 5.91 Å². The van der Waals surface area contributed by atoms with Gasteiger partial charge in [-0.15, -0.1) is 11.3 Å². The lowest BCUT2D eigenvalue weighted by atomic mass is 10.4. The summed E-state index contributed by atoms with van der Waals surface area (Å²) in [6, 6.07) is 1.50. The van der Waals surface area contributed by atoms with Gasteiger partial charge in [-0.05, 0) is 6.07 Å². The SMILES string of the molecule is CNC(=O)c1ccn(-c2nc3sccn3c2C(=O)O)n1. The zero-order valence-corrected chi connectivity index (χ0v) is 11.1. The van der Waals surface area contributed by atoms with E-state index in [-0.39, 0.29) is 23.1 Å². The molecule has 0 aliphatic heterocycles. The van der Waals surface area contributed by atoms with Crippen LogP contribution in [0.5, 0.6) is 0 Å². The lowest BCUT2D eigenvalue weighted by molar-refractivity contribution is 0.0689. The third-order valence-electron chi connectivity index (χ3n) is 2.71. The van der Waals surface area contributed by atoms with Gasteiger partial charge in [-0.1, -0.05) is 0 Å². The number of carboxylic acids is 1. The minimum absolute atomic E-state index is 0.00723. The highest BCUT2D eigenvalue weighted by atomic mass is 32.1. The number of thiazole rings is 1. The Labute approximate surface area is 116 Å². The molecule has 0 aliphatic carbocycles. The number of nitrogens with zero attached hydrogens (tertiary/aromatic N) is 4. The summed E-state index contributed by atoms with van der Waals surface area (Å²) in [6.07, 6.45) is 3.13. The number of hydrogen-bond donors (Lipinski definition) is 2. The lowest BCUT2D eigenvalue weighted by Crippen LogP contribution is -2.18. The summed E-state index contributed by atoms with van der Waals surface area (Å²) < 4.78 is 2.76. The van der Waals surface area contributed by atoms with Gasteiger partial charge in [0.15, 0.2) is 22.2 Å². The van der Waals surface area contributed by atoms with Gasteiger partial charge in [0, 0.05) is 24.8 Å². The third kappa shape index (κ3) is 1.75. The van der Waals surface area contributed by atoms with E-state index in [2.05, 4.69) is 15.4 Å². The molecule has 3 aromatic heterocycles. The Bertz CT molecular complexity index is 815. The second-order valence-corrected chi connectivity index (χ2v) is 4.74. The summed E-state index contributed by atoms with van der Waals surface area (Å²) in [4.78, 5) is 27.6. The van der Waals surface area contributed by atoms with E-state index in [0.717, 1.165) is 0 Å². The summed E-state index contributed by atoms with van der Waals surface area (Å²) in [5.41, 5.74) is 0.202. The van der Waals surface area contributed by atoms with Gasteiger partial charge in [-0.2, -0.15) is 10.1 Å². The maximum Gasteiger partial charge on any atom is 0.356 e. The van der Waals surface area contributed by atoms with Crippen molar-refractivity contribution in [1.82, 2.24) is 24.5 Å². The van der Waals surface area contributed by atoms with Crippen LogP contribution >= 0.6 is 11.3 Å². The second kappa shape index (κ2) is 4.46. The van der Waals surface area contributed by atoms with Gasteiger partial charge in [-0.3, -0.25) is 9.20 Å². The summed E-state index contributed by atoms with van der Waals surface area (Å²) in [6.45, 7) is 0. The van der Waals surface area contributed by atoms with Crippen LogP contribution in [-0.4, -0.2) is 43.2 Å². The normalized spacial score (nSPS) is 10.8. The Balaban J connectivity index is 2.16. The molecule has 0 radical (unpaired) electrons. The molecule has 0 aliphatic rings. The monoisotopic (exact) mass is 291 g/mol. The summed E-state index contributed by atoms with van der Waals surface area (Å²) in [7, 11) is 1.50. The number of hydrogen-bond acceptors (Lipinski definition) is 5. The minimum atomic E-state index is -1.11. The number of carboxylic acid groups (broad SMARTS) is 1. The van der Waals surface area contributed by atoms with Crippen LogP contribution in [0.3, 0.4) is 0 Å². The molecule has 0 bridgehead atoms. The maximum absolute atomic E-state index is 11.5. The lowest BCUT2D eigenvalue weighted by Gasteiger charge is -1.99. The van der Waals surface area contributed by atoms with Gasteiger partial charge < -0.3 is 10.4 Å². The van der Waals surface area contributed by atoms with E-state index in [4.69, 9.17) is 0 Å². The first-order valence-corrected chi connectivity index (χ1v) is 6.46. The first kappa shape index (κ1) is 12.4. The fraction of sp³-hybridized carbons (Fsp3) is 0.0909. The number of aromatic nitrogens is 4. The molecule has 0 spiro atoms. The van der Waals surface area contributed by atoms with Crippen molar-refractivity contribution in [3.05, 3.63) is 35.2 Å². The Morgan fingerprint density at radius 3 is 2.90 bits per heavy atom. The molecule has 3 aromatic rings. The molecule has 2 N–H and O–H groups in total. The number of rotatable bonds is 3. The first-order valence-electron chi connectivity index (χ1n) is 5.59. The van der Waals surface area contributed by atoms with Crippen LogP contribution in [0.25, 0.3) is 10.8 Å². The Hall–Kier alpha value is -2.68. The van der Waals surface area contributed by atoms with Crippen LogP contribution < -0.4 is 5.32 Å². The highest BCUT2D eigenvalue weighted by Crippen LogP contribution is 2.20. The van der Waals surface area contributed by atoms with Crippen molar-refractivity contribution >= 4 is 28.2 Å². The van der Waals surface area contributed by atoms with Crippen molar-refractivity contribution in [3.8, 4) is 5.82 Å². The van der Waals surface area contributed by atoms with Crippen LogP contribution in [0.4, 0.5) is 0 Å². The van der Waals surface area contributed by atoms with Gasteiger partial charge in [0.2, 0.25) is 0 Å². The number of nitrogens with one attached hydrogen (secondary N) is 1. The van der Waals surface area contributed by atoms with Gasteiger partial charge in [0.05, 0.1) is 0 Å². The van der Waals surface area contributed by atoms with E-state index < -0.39 is 5.97 Å². The molecule has 1 amide bonds. The van der Waals surface area contributed by atoms with Crippen molar-refractivity contribution in [1.29, 1.82) is 0 Å². The minimum Gasteiger partial charge on any atom is -0.476 e. The van der Waals surface area contributed by atoms with Crippen LogP contribution in [0.1, 0.15) is 21.0 Å². The average molecular weight is 291 g/mol. The van der Waals surface area contributed by atoms with Gasteiger partial charge >= 0.3 is 5.97 Å².